The summed E-state index contributed by atoms with van der Waals surface area (Å²) < 4.78 is 4.92. The van der Waals surface area contributed by atoms with E-state index >= 15 is 0 Å². The zero-order chi connectivity index (χ0) is 14.4. The molecular formula is C14H22O4S. The van der Waals surface area contributed by atoms with Gasteiger partial charge in [-0.25, -0.2) is 4.79 Å². The molecule has 0 radical (unpaired) electrons. The van der Waals surface area contributed by atoms with Crippen LogP contribution in [0.25, 0.3) is 0 Å². The van der Waals surface area contributed by atoms with Crippen LogP contribution >= 0.6 is 11.3 Å². The smallest absolute Gasteiger partial charge is 0.345 e. The highest BCUT2D eigenvalue weighted by Crippen LogP contribution is 2.35. The number of methoxy groups -OCH3 is 1. The number of carboxylic acids is 1. The number of aliphatic hydroxyl groups excluding tert-OH is 1. The molecule has 0 fully saturated rings. The lowest BCUT2D eigenvalue weighted by Crippen LogP contribution is -2.03. The molecule has 5 heteroatoms. The van der Waals surface area contributed by atoms with Gasteiger partial charge in [0.1, 0.15) is 4.88 Å². The Bertz CT molecular complexity index is 414. The van der Waals surface area contributed by atoms with Crippen molar-refractivity contribution in [3.63, 3.8) is 0 Å². The Morgan fingerprint density at radius 2 is 2.16 bits per heavy atom. The maximum atomic E-state index is 11.0. The second kappa shape index (κ2) is 7.62. The summed E-state index contributed by atoms with van der Waals surface area (Å²) in [7, 11) is 1.41. The second-order valence-electron chi connectivity index (χ2n) is 4.72. The maximum Gasteiger partial charge on any atom is 0.345 e. The first kappa shape index (κ1) is 16.1. The fourth-order valence-electron chi connectivity index (χ4n) is 2.07. The lowest BCUT2D eigenvalue weighted by atomic mass is 9.95. The van der Waals surface area contributed by atoms with Crippen LogP contribution in [-0.4, -0.2) is 23.3 Å². The van der Waals surface area contributed by atoms with E-state index in [0.29, 0.717) is 4.88 Å². The lowest BCUT2D eigenvalue weighted by Gasteiger charge is -2.15. The Morgan fingerprint density at radius 3 is 2.68 bits per heavy atom. The molecule has 0 bridgehead atoms. The molecule has 1 aromatic rings. The lowest BCUT2D eigenvalue weighted by molar-refractivity contribution is -0.0749. The van der Waals surface area contributed by atoms with Crippen molar-refractivity contribution in [1.82, 2.24) is 0 Å². The molecule has 0 aliphatic rings. The van der Waals surface area contributed by atoms with Gasteiger partial charge < -0.3 is 14.9 Å². The van der Waals surface area contributed by atoms with Crippen LogP contribution in [0.5, 0.6) is 0 Å². The summed E-state index contributed by atoms with van der Waals surface area (Å²) >= 11 is 1.09. The minimum absolute atomic E-state index is 0.232. The van der Waals surface area contributed by atoms with E-state index in [1.807, 2.05) is 0 Å². The van der Waals surface area contributed by atoms with Crippen molar-refractivity contribution in [2.75, 3.05) is 7.11 Å². The maximum absolute atomic E-state index is 11.0. The number of aliphatic hydroxyl groups is 1. The van der Waals surface area contributed by atoms with Gasteiger partial charge >= 0.3 is 5.97 Å². The molecule has 19 heavy (non-hydrogen) atoms. The molecule has 0 saturated carbocycles. The molecule has 1 rings (SSSR count). The number of ether oxygens (including phenoxy) is 1. The van der Waals surface area contributed by atoms with Gasteiger partial charge in [0.15, 0.2) is 6.29 Å². The number of rotatable bonds is 8. The van der Waals surface area contributed by atoms with Crippen molar-refractivity contribution in [2.45, 2.75) is 51.7 Å². The Morgan fingerprint density at radius 1 is 1.47 bits per heavy atom. The number of hydrogen-bond donors (Lipinski definition) is 2. The van der Waals surface area contributed by atoms with Crippen LogP contribution in [0.2, 0.25) is 0 Å². The molecule has 0 aromatic carbocycles. The average Bonchev–Trinajstić information content (AvgIpc) is 2.83. The van der Waals surface area contributed by atoms with E-state index in [2.05, 4.69) is 13.8 Å². The number of carboxylic acid groups (broad SMARTS) is 1. The number of carbonyl (C=O) groups is 1. The molecule has 2 unspecified atom stereocenters. The first-order valence-corrected chi connectivity index (χ1v) is 7.40. The monoisotopic (exact) mass is 286 g/mol. The van der Waals surface area contributed by atoms with Crippen LogP contribution in [0.1, 0.15) is 71.9 Å². The van der Waals surface area contributed by atoms with Gasteiger partial charge in [0.2, 0.25) is 0 Å². The van der Waals surface area contributed by atoms with Gasteiger partial charge in [-0.15, -0.1) is 11.3 Å². The van der Waals surface area contributed by atoms with E-state index in [4.69, 9.17) is 9.84 Å². The number of aromatic carboxylic acids is 1. The zero-order valence-electron chi connectivity index (χ0n) is 11.7. The van der Waals surface area contributed by atoms with Gasteiger partial charge in [-0.2, -0.15) is 0 Å². The highest BCUT2D eigenvalue weighted by molar-refractivity contribution is 7.14. The molecule has 0 aliphatic heterocycles. The van der Waals surface area contributed by atoms with E-state index in [0.717, 1.165) is 36.2 Å². The van der Waals surface area contributed by atoms with Crippen LogP contribution in [0.15, 0.2) is 6.07 Å². The molecule has 108 valence electrons. The number of unbranched alkanes of at least 4 members (excludes halogenated alkanes) is 2. The van der Waals surface area contributed by atoms with E-state index in [9.17, 15) is 9.90 Å². The van der Waals surface area contributed by atoms with Gasteiger partial charge in [0.25, 0.3) is 0 Å². The molecule has 1 heterocycles. The molecule has 0 aliphatic carbocycles. The van der Waals surface area contributed by atoms with Gasteiger partial charge in [0.05, 0.1) is 4.88 Å². The van der Waals surface area contributed by atoms with E-state index < -0.39 is 12.3 Å². The van der Waals surface area contributed by atoms with Gasteiger partial charge in [-0.3, -0.25) is 0 Å². The first-order valence-electron chi connectivity index (χ1n) is 6.59. The van der Waals surface area contributed by atoms with Crippen LogP contribution in [-0.2, 0) is 4.74 Å². The van der Waals surface area contributed by atoms with E-state index in [1.54, 1.807) is 6.07 Å². The highest BCUT2D eigenvalue weighted by Gasteiger charge is 2.22. The molecule has 2 atom stereocenters. The molecule has 0 saturated heterocycles. The normalized spacial score (nSPS) is 14.3. The third-order valence-corrected chi connectivity index (χ3v) is 4.39. The summed E-state index contributed by atoms with van der Waals surface area (Å²) in [6.07, 6.45) is 3.39. The van der Waals surface area contributed by atoms with E-state index in [-0.39, 0.29) is 10.8 Å². The van der Waals surface area contributed by atoms with Crippen LogP contribution in [0, 0.1) is 0 Å². The van der Waals surface area contributed by atoms with Crippen molar-refractivity contribution in [2.24, 2.45) is 0 Å². The van der Waals surface area contributed by atoms with Crippen molar-refractivity contribution in [1.29, 1.82) is 0 Å². The third-order valence-electron chi connectivity index (χ3n) is 3.22. The largest absolute Gasteiger partial charge is 0.477 e. The Kier molecular flexibility index (Phi) is 6.48. The minimum Gasteiger partial charge on any atom is -0.477 e. The standard InChI is InChI=1S/C14H22O4S/c1-4-5-6-7-9(2)10-8-11(13(15)16)19-12(10)14(17)18-3/h8-9,14,17H,4-7H2,1-3H3,(H,15,16). The Hall–Kier alpha value is -0.910. The minimum atomic E-state index is -1.04. The summed E-state index contributed by atoms with van der Waals surface area (Å²) in [5.41, 5.74) is 0.896. The van der Waals surface area contributed by atoms with Crippen LogP contribution in [0.3, 0.4) is 0 Å². The van der Waals surface area contributed by atoms with Gasteiger partial charge in [-0.1, -0.05) is 33.1 Å². The summed E-state index contributed by atoms with van der Waals surface area (Å²) in [5.74, 6) is -0.725. The molecule has 1 aromatic heterocycles. The average molecular weight is 286 g/mol. The molecule has 2 N–H and O–H groups in total. The molecular weight excluding hydrogens is 264 g/mol. The van der Waals surface area contributed by atoms with Gasteiger partial charge in [0, 0.05) is 7.11 Å². The fraction of sp³-hybridized carbons (Fsp3) is 0.643. The van der Waals surface area contributed by atoms with Crippen LogP contribution in [0.4, 0.5) is 0 Å². The first-order chi connectivity index (χ1) is 9.01. The summed E-state index contributed by atoms with van der Waals surface area (Å²) in [4.78, 5) is 11.9. The van der Waals surface area contributed by atoms with Crippen molar-refractivity contribution in [3.8, 4) is 0 Å². The van der Waals surface area contributed by atoms with Gasteiger partial charge in [-0.05, 0) is 24.0 Å². The zero-order valence-corrected chi connectivity index (χ0v) is 12.5. The predicted octanol–water partition coefficient (Wildman–Crippen LogP) is 3.77. The number of thiophene rings is 1. The third kappa shape index (κ3) is 4.30. The highest BCUT2D eigenvalue weighted by atomic mass is 32.1. The molecule has 4 nitrogen and oxygen atoms in total. The summed E-state index contributed by atoms with van der Waals surface area (Å²) in [5, 5.41) is 18.9. The quantitative estimate of drug-likeness (QED) is 0.564. The van der Waals surface area contributed by atoms with E-state index in [1.165, 1.54) is 13.5 Å². The topological polar surface area (TPSA) is 66.8 Å². The number of hydrogen-bond acceptors (Lipinski definition) is 4. The Labute approximate surface area is 118 Å². The van der Waals surface area contributed by atoms with Crippen molar-refractivity contribution < 1.29 is 19.7 Å². The van der Waals surface area contributed by atoms with Crippen molar-refractivity contribution >= 4 is 17.3 Å². The van der Waals surface area contributed by atoms with Crippen molar-refractivity contribution in [3.05, 3.63) is 21.4 Å². The summed E-state index contributed by atoms with van der Waals surface area (Å²) in [6, 6.07) is 1.67. The summed E-state index contributed by atoms with van der Waals surface area (Å²) in [6.45, 7) is 4.22. The molecule has 0 amide bonds. The fourth-order valence-corrected chi connectivity index (χ4v) is 3.15. The second-order valence-corrected chi connectivity index (χ2v) is 5.80. The Balaban J connectivity index is 2.92. The SMILES string of the molecule is CCCCCC(C)c1cc(C(=O)O)sc1C(O)OC. The van der Waals surface area contributed by atoms with Crippen LogP contribution < -0.4 is 0 Å². The predicted molar refractivity (Wildman–Crippen MR) is 75.8 cm³/mol. The molecule has 0 spiro atoms.